The Bertz CT molecular complexity index is 833. The van der Waals surface area contributed by atoms with Gasteiger partial charge >= 0.3 is 6.09 Å². The molecule has 4 nitrogen and oxygen atoms in total. The van der Waals surface area contributed by atoms with Crippen molar-refractivity contribution in [2.45, 2.75) is 37.8 Å². The minimum atomic E-state index is -0.630. The lowest BCUT2D eigenvalue weighted by molar-refractivity contribution is 0.122. The normalized spacial score (nSPS) is 23.9. The molecule has 2 heterocycles. The van der Waals surface area contributed by atoms with E-state index in [2.05, 4.69) is 10.6 Å². The number of hydrogen-bond acceptors (Lipinski definition) is 3. The van der Waals surface area contributed by atoms with Gasteiger partial charge in [-0.3, -0.25) is 5.32 Å². The summed E-state index contributed by atoms with van der Waals surface area (Å²) in [5, 5.41) is 6.70. The highest BCUT2D eigenvalue weighted by atomic mass is 35.5. The van der Waals surface area contributed by atoms with Crippen molar-refractivity contribution in [3.05, 3.63) is 53.3 Å². The fourth-order valence-corrected chi connectivity index (χ4v) is 4.38. The second kappa shape index (κ2) is 7.87. The van der Waals surface area contributed by atoms with E-state index >= 15 is 0 Å². The van der Waals surface area contributed by atoms with Gasteiger partial charge in [-0.25, -0.2) is 9.18 Å². The number of piperidine rings is 1. The van der Waals surface area contributed by atoms with E-state index in [0.29, 0.717) is 35.2 Å². The number of nitrogens with one attached hydrogen (secondary N) is 2. The molecule has 2 N–H and O–H groups in total. The molecule has 2 atom stereocenters. The number of ether oxygens (including phenoxy) is 1. The molecule has 2 unspecified atom stereocenters. The number of halogens is 2. The summed E-state index contributed by atoms with van der Waals surface area (Å²) < 4.78 is 19.8. The summed E-state index contributed by atoms with van der Waals surface area (Å²) in [7, 11) is 0. The minimum Gasteiger partial charge on any atom is -0.449 e. The third-order valence-electron chi connectivity index (χ3n) is 5.40. The van der Waals surface area contributed by atoms with Crippen LogP contribution in [0, 0.1) is 11.7 Å². The zero-order valence-corrected chi connectivity index (χ0v) is 15.6. The van der Waals surface area contributed by atoms with Crippen molar-refractivity contribution in [2.75, 3.05) is 11.9 Å². The largest absolute Gasteiger partial charge is 0.449 e. The first-order valence-corrected chi connectivity index (χ1v) is 9.70. The van der Waals surface area contributed by atoms with Crippen LogP contribution in [0.1, 0.15) is 25.7 Å². The fourth-order valence-electron chi connectivity index (χ4n) is 4.19. The Morgan fingerprint density at radius 2 is 1.93 bits per heavy atom. The van der Waals surface area contributed by atoms with Gasteiger partial charge in [-0.1, -0.05) is 35.9 Å². The maximum atomic E-state index is 14.4. The van der Waals surface area contributed by atoms with Crippen molar-refractivity contribution in [2.24, 2.45) is 5.92 Å². The second-order valence-electron chi connectivity index (χ2n) is 7.37. The highest BCUT2D eigenvalue weighted by molar-refractivity contribution is 6.30. The maximum absolute atomic E-state index is 14.4. The van der Waals surface area contributed by atoms with Gasteiger partial charge in [0.05, 0.1) is 12.3 Å². The van der Waals surface area contributed by atoms with Crippen LogP contribution in [0.4, 0.5) is 14.9 Å². The van der Waals surface area contributed by atoms with E-state index in [1.54, 1.807) is 30.3 Å². The van der Waals surface area contributed by atoms with Gasteiger partial charge in [0.15, 0.2) is 0 Å². The first kappa shape index (κ1) is 18.3. The van der Waals surface area contributed by atoms with E-state index in [0.717, 1.165) is 18.4 Å². The minimum absolute atomic E-state index is 0.107. The lowest BCUT2D eigenvalue weighted by atomic mass is 9.93. The summed E-state index contributed by atoms with van der Waals surface area (Å²) >= 11 is 6.05. The molecule has 6 heteroatoms. The maximum Gasteiger partial charge on any atom is 0.411 e. The number of para-hydroxylation sites is 1. The van der Waals surface area contributed by atoms with Crippen LogP contribution in [0.15, 0.2) is 42.5 Å². The van der Waals surface area contributed by atoms with Gasteiger partial charge in [0.25, 0.3) is 0 Å². The standard InChI is InChI=1S/C21H22ClFN2O2/c22-15-4-1-3-14(11-15)18-5-2-6-19(23)20(18)25-21(26)27-12-13-9-16-7-8-17(10-13)24-16/h1-6,11,13,16-17,24H,7-10,12H2,(H,25,26). The predicted octanol–water partition coefficient (Wildman–Crippen LogP) is 5.23. The molecule has 2 saturated heterocycles. The lowest BCUT2D eigenvalue weighted by Crippen LogP contribution is -2.39. The molecule has 2 aromatic carbocycles. The molecule has 142 valence electrons. The number of carbonyl (C=O) groups excluding carboxylic acids is 1. The van der Waals surface area contributed by atoms with Gasteiger partial charge in [-0.15, -0.1) is 0 Å². The summed E-state index contributed by atoms with van der Waals surface area (Å²) in [6.07, 6.45) is 3.82. The third-order valence-corrected chi connectivity index (χ3v) is 5.63. The Kier molecular flexibility index (Phi) is 5.32. The van der Waals surface area contributed by atoms with Crippen LogP contribution >= 0.6 is 11.6 Å². The van der Waals surface area contributed by atoms with Gasteiger partial charge in [0.1, 0.15) is 5.82 Å². The first-order chi connectivity index (χ1) is 13.1. The Morgan fingerprint density at radius 1 is 1.19 bits per heavy atom. The molecule has 0 saturated carbocycles. The first-order valence-electron chi connectivity index (χ1n) is 9.33. The van der Waals surface area contributed by atoms with E-state index < -0.39 is 11.9 Å². The summed E-state index contributed by atoms with van der Waals surface area (Å²) in [4.78, 5) is 12.3. The summed E-state index contributed by atoms with van der Waals surface area (Å²) in [6.45, 7) is 0.363. The van der Waals surface area contributed by atoms with Crippen LogP contribution < -0.4 is 10.6 Å². The Hall–Kier alpha value is -2.11. The fraction of sp³-hybridized carbons (Fsp3) is 0.381. The van der Waals surface area contributed by atoms with Crippen molar-refractivity contribution in [3.63, 3.8) is 0 Å². The molecule has 0 spiro atoms. The summed E-state index contributed by atoms with van der Waals surface area (Å²) in [6, 6.07) is 12.8. The molecular formula is C21H22ClFN2O2. The zero-order chi connectivity index (χ0) is 18.8. The van der Waals surface area contributed by atoms with Gasteiger partial charge < -0.3 is 10.1 Å². The zero-order valence-electron chi connectivity index (χ0n) is 14.9. The van der Waals surface area contributed by atoms with Crippen LogP contribution in [0.25, 0.3) is 11.1 Å². The molecular weight excluding hydrogens is 367 g/mol. The van der Waals surface area contributed by atoms with Crippen molar-refractivity contribution in [1.82, 2.24) is 5.32 Å². The van der Waals surface area contributed by atoms with E-state index in [1.807, 2.05) is 6.07 Å². The van der Waals surface area contributed by atoms with E-state index in [-0.39, 0.29) is 5.69 Å². The number of benzene rings is 2. The number of hydrogen-bond donors (Lipinski definition) is 2. The number of rotatable bonds is 4. The van der Waals surface area contributed by atoms with Gasteiger partial charge in [0, 0.05) is 22.7 Å². The SMILES string of the molecule is O=C(Nc1c(F)cccc1-c1cccc(Cl)c1)OCC1CC2CCC(C1)N2. The molecule has 0 aliphatic carbocycles. The number of fused-ring (bicyclic) bond motifs is 2. The van der Waals surface area contributed by atoms with E-state index in [4.69, 9.17) is 16.3 Å². The number of anilines is 1. The van der Waals surface area contributed by atoms with Crippen LogP contribution in [-0.2, 0) is 4.74 Å². The summed E-state index contributed by atoms with van der Waals surface area (Å²) in [5.74, 6) is -0.146. The molecule has 2 aromatic rings. The second-order valence-corrected chi connectivity index (χ2v) is 7.81. The smallest absolute Gasteiger partial charge is 0.411 e. The highest BCUT2D eigenvalue weighted by Gasteiger charge is 2.33. The molecule has 2 aliphatic heterocycles. The lowest BCUT2D eigenvalue weighted by Gasteiger charge is -2.28. The van der Waals surface area contributed by atoms with E-state index in [1.165, 1.54) is 18.9 Å². The molecule has 2 aliphatic rings. The Balaban J connectivity index is 1.43. The number of carbonyl (C=O) groups is 1. The molecule has 27 heavy (non-hydrogen) atoms. The quantitative estimate of drug-likeness (QED) is 0.754. The number of amides is 1. The van der Waals surface area contributed by atoms with Crippen LogP contribution in [0.2, 0.25) is 5.02 Å². The van der Waals surface area contributed by atoms with Gasteiger partial charge in [-0.05, 0) is 55.4 Å². The predicted molar refractivity (Wildman–Crippen MR) is 104 cm³/mol. The average molecular weight is 389 g/mol. The molecule has 0 aromatic heterocycles. The van der Waals surface area contributed by atoms with Crippen molar-refractivity contribution in [3.8, 4) is 11.1 Å². The van der Waals surface area contributed by atoms with Crippen molar-refractivity contribution in [1.29, 1.82) is 0 Å². The topological polar surface area (TPSA) is 50.4 Å². The monoisotopic (exact) mass is 388 g/mol. The average Bonchev–Trinajstić information content (AvgIpc) is 3.00. The van der Waals surface area contributed by atoms with Crippen molar-refractivity contribution < 1.29 is 13.9 Å². The molecule has 4 rings (SSSR count). The summed E-state index contributed by atoms with van der Waals surface area (Å²) in [5.41, 5.74) is 1.40. The van der Waals surface area contributed by atoms with Crippen LogP contribution in [0.5, 0.6) is 0 Å². The molecule has 0 radical (unpaired) electrons. The van der Waals surface area contributed by atoms with Crippen LogP contribution in [0.3, 0.4) is 0 Å². The Labute approximate surface area is 163 Å². The Morgan fingerprint density at radius 3 is 2.67 bits per heavy atom. The molecule has 2 fully saturated rings. The van der Waals surface area contributed by atoms with Crippen molar-refractivity contribution >= 4 is 23.4 Å². The third kappa shape index (κ3) is 4.25. The van der Waals surface area contributed by atoms with Crippen LogP contribution in [-0.4, -0.2) is 24.8 Å². The van der Waals surface area contributed by atoms with Gasteiger partial charge in [-0.2, -0.15) is 0 Å². The van der Waals surface area contributed by atoms with E-state index in [9.17, 15) is 9.18 Å². The molecule has 1 amide bonds. The van der Waals surface area contributed by atoms with Gasteiger partial charge in [0.2, 0.25) is 0 Å². The highest BCUT2D eigenvalue weighted by Crippen LogP contribution is 2.33. The molecule has 2 bridgehead atoms.